The van der Waals surface area contributed by atoms with E-state index in [2.05, 4.69) is 5.09 Å². The molecule has 2 atom stereocenters. The first-order valence-corrected chi connectivity index (χ1v) is 8.13. The zero-order valence-corrected chi connectivity index (χ0v) is 13.4. The zero-order chi connectivity index (χ0) is 16.7. The fourth-order valence-corrected chi connectivity index (χ4v) is 2.48. The summed E-state index contributed by atoms with van der Waals surface area (Å²) in [6.07, 6.45) is 0. The molecule has 2 aromatic rings. The molecule has 0 aliphatic carbocycles. The van der Waals surface area contributed by atoms with E-state index in [4.69, 9.17) is 14.4 Å². The predicted molar refractivity (Wildman–Crippen MR) is 85.2 cm³/mol. The van der Waals surface area contributed by atoms with Crippen LogP contribution in [-0.4, -0.2) is 17.1 Å². The first-order chi connectivity index (χ1) is 11.0. The van der Waals surface area contributed by atoms with Crippen LogP contribution in [0.5, 0.6) is 11.5 Å². The summed E-state index contributed by atoms with van der Waals surface area (Å²) in [5.41, 5.74) is 0.873. The van der Waals surface area contributed by atoms with Crippen molar-refractivity contribution in [3.63, 3.8) is 0 Å². The van der Waals surface area contributed by atoms with Gasteiger partial charge in [0.2, 0.25) is 0 Å². The van der Waals surface area contributed by atoms with Gasteiger partial charge in [-0.1, -0.05) is 35.4 Å². The Balaban J connectivity index is 1.78. The van der Waals surface area contributed by atoms with Crippen LogP contribution in [0.1, 0.15) is 12.5 Å². The molecule has 7 heteroatoms. The van der Waals surface area contributed by atoms with E-state index >= 15 is 0 Å². The Morgan fingerprint density at radius 2 is 1.83 bits per heavy atom. The third kappa shape index (κ3) is 5.70. The fraction of sp³-hybridized carbons (Fsp3) is 0.188. The van der Waals surface area contributed by atoms with E-state index in [0.717, 1.165) is 5.56 Å². The van der Waals surface area contributed by atoms with Crippen molar-refractivity contribution in [3.05, 3.63) is 60.2 Å². The Hall–Kier alpha value is -2.43. The average molecular weight is 334 g/mol. The highest BCUT2D eigenvalue weighted by Gasteiger charge is 2.28. The number of hydrogen-bond acceptors (Lipinski definition) is 5. The smallest absolute Gasteiger partial charge is 0.508 e. The zero-order valence-electron chi connectivity index (χ0n) is 12.5. The second-order valence-electron chi connectivity index (χ2n) is 4.79. The van der Waals surface area contributed by atoms with E-state index in [-0.39, 0.29) is 12.4 Å². The van der Waals surface area contributed by atoms with Gasteiger partial charge in [-0.05, 0) is 36.8 Å². The number of esters is 1. The minimum Gasteiger partial charge on any atom is -0.508 e. The fourth-order valence-electron chi connectivity index (χ4n) is 1.69. The van der Waals surface area contributed by atoms with Crippen LogP contribution in [0.25, 0.3) is 0 Å². The Labute approximate surface area is 135 Å². The Morgan fingerprint density at radius 3 is 2.48 bits per heavy atom. The van der Waals surface area contributed by atoms with Gasteiger partial charge >= 0.3 is 14.1 Å². The van der Waals surface area contributed by atoms with E-state index in [1.165, 1.54) is 24.3 Å². The maximum Gasteiger partial charge on any atom is 0.664 e. The van der Waals surface area contributed by atoms with Gasteiger partial charge in [0.1, 0.15) is 18.4 Å². The number of nitrogens with one attached hydrogen (secondary N) is 1. The highest BCUT2D eigenvalue weighted by atomic mass is 31.1. The van der Waals surface area contributed by atoms with E-state index in [1.807, 2.05) is 30.3 Å². The van der Waals surface area contributed by atoms with Crippen molar-refractivity contribution in [3.8, 4) is 11.5 Å². The van der Waals surface area contributed by atoms with Crippen molar-refractivity contribution >= 4 is 14.1 Å². The lowest BCUT2D eigenvalue weighted by Crippen LogP contribution is -2.31. The van der Waals surface area contributed by atoms with Crippen molar-refractivity contribution in [1.29, 1.82) is 0 Å². The van der Waals surface area contributed by atoms with Gasteiger partial charge in [-0.15, -0.1) is 0 Å². The van der Waals surface area contributed by atoms with Gasteiger partial charge in [-0.2, -0.15) is 0 Å². The third-order valence-electron chi connectivity index (χ3n) is 2.90. The number of ether oxygens (including phenoxy) is 1. The number of rotatable bonds is 7. The summed E-state index contributed by atoms with van der Waals surface area (Å²) in [5, 5.41) is 11.7. The monoisotopic (exact) mass is 334 g/mol. The van der Waals surface area contributed by atoms with Crippen LogP contribution >= 0.6 is 8.18 Å². The molecule has 0 saturated carbocycles. The van der Waals surface area contributed by atoms with Gasteiger partial charge in [-0.25, -0.2) is 4.52 Å². The van der Waals surface area contributed by atoms with Gasteiger partial charge in [0.25, 0.3) is 0 Å². The van der Waals surface area contributed by atoms with Crippen molar-refractivity contribution in [1.82, 2.24) is 5.09 Å². The van der Waals surface area contributed by atoms with Crippen LogP contribution in [0.2, 0.25) is 0 Å². The lowest BCUT2D eigenvalue weighted by molar-refractivity contribution is -0.146. The minimum atomic E-state index is -2.29. The molecule has 1 unspecified atom stereocenters. The number of aromatic hydroxyl groups is 1. The first kappa shape index (κ1) is 16.9. The molecule has 0 bridgehead atoms. The summed E-state index contributed by atoms with van der Waals surface area (Å²) >= 11 is 0. The number of benzene rings is 2. The van der Waals surface area contributed by atoms with Crippen molar-refractivity contribution in [2.24, 2.45) is 0 Å². The molecule has 0 radical (unpaired) electrons. The molecule has 2 rings (SSSR count). The van der Waals surface area contributed by atoms with E-state index in [9.17, 15) is 9.36 Å². The molecule has 0 heterocycles. The Bertz CT molecular complexity index is 660. The van der Waals surface area contributed by atoms with E-state index in [0.29, 0.717) is 5.75 Å². The number of phenols is 1. The van der Waals surface area contributed by atoms with Crippen LogP contribution in [-0.2, 0) is 20.7 Å². The summed E-state index contributed by atoms with van der Waals surface area (Å²) in [7, 11) is -2.29. The number of hydrogen-bond donors (Lipinski definition) is 2. The minimum absolute atomic E-state index is 0.0818. The maximum atomic E-state index is 11.8. The summed E-state index contributed by atoms with van der Waals surface area (Å²) < 4.78 is 22.1. The van der Waals surface area contributed by atoms with Gasteiger partial charge < -0.3 is 9.84 Å². The largest absolute Gasteiger partial charge is 0.664 e. The normalized spacial score (nSPS) is 12.3. The summed E-state index contributed by atoms with van der Waals surface area (Å²) in [6, 6.07) is 14.3. The molecule has 0 fully saturated rings. The number of carbonyl (C=O) groups is 1. The summed E-state index contributed by atoms with van der Waals surface area (Å²) in [4.78, 5) is 11.8. The van der Waals surface area contributed by atoms with Crippen molar-refractivity contribution in [2.75, 3.05) is 0 Å². The molecule has 120 valence electrons. The first-order valence-electron chi connectivity index (χ1n) is 6.95. The number of phenolic OH excluding ortho intramolecular Hbond substituents is 1. The van der Waals surface area contributed by atoms with Crippen LogP contribution in [0, 0.1) is 0 Å². The molecule has 2 aromatic carbocycles. The molecular formula is C16H17NO5P+. The molecular weight excluding hydrogens is 317 g/mol. The van der Waals surface area contributed by atoms with Gasteiger partial charge in [0.05, 0.1) is 0 Å². The van der Waals surface area contributed by atoms with Crippen LogP contribution < -0.4 is 9.61 Å². The lowest BCUT2D eigenvalue weighted by atomic mass is 10.2. The highest BCUT2D eigenvalue weighted by molar-refractivity contribution is 7.37. The van der Waals surface area contributed by atoms with E-state index in [1.54, 1.807) is 6.92 Å². The molecule has 0 saturated heterocycles. The molecule has 0 aromatic heterocycles. The van der Waals surface area contributed by atoms with Crippen LogP contribution in [0.4, 0.5) is 0 Å². The average Bonchev–Trinajstić information content (AvgIpc) is 2.55. The van der Waals surface area contributed by atoms with Crippen molar-refractivity contribution < 1.29 is 23.7 Å². The van der Waals surface area contributed by atoms with Crippen LogP contribution in [0.3, 0.4) is 0 Å². The second-order valence-corrected chi connectivity index (χ2v) is 5.74. The number of carbonyl (C=O) groups excluding carboxylic acids is 1. The predicted octanol–water partition coefficient (Wildman–Crippen LogP) is 3.15. The third-order valence-corrected chi connectivity index (χ3v) is 3.88. The molecule has 0 aliphatic rings. The van der Waals surface area contributed by atoms with Gasteiger partial charge in [0, 0.05) is 4.57 Å². The molecule has 0 spiro atoms. The van der Waals surface area contributed by atoms with Crippen molar-refractivity contribution in [2.45, 2.75) is 19.6 Å². The highest BCUT2D eigenvalue weighted by Crippen LogP contribution is 2.25. The quantitative estimate of drug-likeness (QED) is 0.598. The molecule has 2 N–H and O–H groups in total. The maximum absolute atomic E-state index is 11.8. The molecule has 6 nitrogen and oxygen atoms in total. The van der Waals surface area contributed by atoms with Crippen LogP contribution in [0.15, 0.2) is 54.6 Å². The standard InChI is InChI=1S/C16H16NO5P/c1-12(16(19)21-11-13-5-3-2-4-6-13)17-23(20)22-15-9-7-14(18)8-10-15/h2-10,12H,11H2,1H3,(H-,17,18,20)/p+1/t12-/m0/s1. The lowest BCUT2D eigenvalue weighted by Gasteiger charge is -2.07. The Kier molecular flexibility index (Phi) is 6.09. The topological polar surface area (TPSA) is 84.9 Å². The molecule has 0 amide bonds. The van der Waals surface area contributed by atoms with E-state index < -0.39 is 20.2 Å². The second kappa shape index (κ2) is 8.27. The Morgan fingerprint density at radius 1 is 1.17 bits per heavy atom. The molecule has 0 aliphatic heterocycles. The van der Waals surface area contributed by atoms with Gasteiger partial charge in [0.15, 0.2) is 5.75 Å². The summed E-state index contributed by atoms with van der Waals surface area (Å²) in [5.74, 6) is -0.119. The van der Waals surface area contributed by atoms with Gasteiger partial charge in [-0.3, -0.25) is 4.79 Å². The summed E-state index contributed by atoms with van der Waals surface area (Å²) in [6.45, 7) is 1.70. The SMILES string of the molecule is C[C@H](N[P+](=O)Oc1ccc(O)cc1)C(=O)OCc1ccccc1. The molecule has 23 heavy (non-hydrogen) atoms.